The quantitative estimate of drug-likeness (QED) is 0.402. The van der Waals surface area contributed by atoms with E-state index in [2.05, 4.69) is 53.5 Å². The molecule has 3 nitrogen and oxygen atoms in total. The summed E-state index contributed by atoms with van der Waals surface area (Å²) in [6, 6.07) is 25.1. The molecule has 1 aromatic heterocycles. The molecule has 4 rings (SSSR count). The Balaban J connectivity index is 1.65. The van der Waals surface area contributed by atoms with Crippen molar-refractivity contribution in [1.29, 1.82) is 0 Å². The molecule has 28 heavy (non-hydrogen) atoms. The molecule has 0 aliphatic rings. The van der Waals surface area contributed by atoms with Crippen LogP contribution in [0.15, 0.2) is 84.0 Å². The van der Waals surface area contributed by atoms with E-state index < -0.39 is 0 Å². The Morgan fingerprint density at radius 2 is 1.54 bits per heavy atom. The molecule has 0 fully saturated rings. The van der Waals surface area contributed by atoms with Crippen molar-refractivity contribution in [2.75, 3.05) is 0 Å². The zero-order chi connectivity index (χ0) is 19.3. The van der Waals surface area contributed by atoms with Crippen LogP contribution in [-0.2, 0) is 12.2 Å². The highest BCUT2D eigenvalue weighted by Gasteiger charge is 2.15. The van der Waals surface area contributed by atoms with Crippen LogP contribution in [0.25, 0.3) is 5.69 Å². The summed E-state index contributed by atoms with van der Waals surface area (Å²) in [5, 5.41) is 9.66. The lowest BCUT2D eigenvalue weighted by atomic mass is 10.1. The van der Waals surface area contributed by atoms with E-state index in [1.807, 2.05) is 22.8 Å². The predicted octanol–water partition coefficient (Wildman–Crippen LogP) is 5.60. The number of hydrogen-bond donors (Lipinski definition) is 0. The fourth-order valence-corrected chi connectivity index (χ4v) is 3.90. The zero-order valence-electron chi connectivity index (χ0n) is 15.5. The molecule has 0 spiro atoms. The van der Waals surface area contributed by atoms with Gasteiger partial charge in [0, 0.05) is 17.9 Å². The van der Waals surface area contributed by atoms with Crippen molar-refractivity contribution >= 4 is 11.8 Å². The van der Waals surface area contributed by atoms with Crippen molar-refractivity contribution in [3.05, 3.63) is 107 Å². The Kier molecular flexibility index (Phi) is 5.53. The lowest BCUT2D eigenvalue weighted by Crippen LogP contribution is -2.04. The van der Waals surface area contributed by atoms with Gasteiger partial charge in [0.05, 0.1) is 0 Å². The molecule has 5 heteroatoms. The van der Waals surface area contributed by atoms with Gasteiger partial charge in [0.2, 0.25) is 0 Å². The van der Waals surface area contributed by atoms with Gasteiger partial charge in [-0.2, -0.15) is 0 Å². The van der Waals surface area contributed by atoms with Gasteiger partial charge in [0.1, 0.15) is 11.6 Å². The molecule has 0 atom stereocenters. The van der Waals surface area contributed by atoms with E-state index >= 15 is 0 Å². The molecule has 0 unspecified atom stereocenters. The Labute approximate surface area is 168 Å². The number of nitrogens with zero attached hydrogens (tertiary/aromatic N) is 3. The molecule has 0 saturated heterocycles. The summed E-state index contributed by atoms with van der Waals surface area (Å²) < 4.78 is 15.5. The third kappa shape index (κ3) is 4.31. The highest BCUT2D eigenvalue weighted by molar-refractivity contribution is 7.98. The van der Waals surface area contributed by atoms with Crippen molar-refractivity contribution in [2.45, 2.75) is 24.3 Å². The first-order valence-corrected chi connectivity index (χ1v) is 10.1. The number of thioether (sulfide) groups is 1. The van der Waals surface area contributed by atoms with Gasteiger partial charge in [-0.1, -0.05) is 71.9 Å². The Hall–Kier alpha value is -2.92. The summed E-state index contributed by atoms with van der Waals surface area (Å²) in [5.41, 5.74) is 4.50. The third-order valence-electron chi connectivity index (χ3n) is 4.48. The number of benzene rings is 3. The van der Waals surface area contributed by atoms with Crippen molar-refractivity contribution in [1.82, 2.24) is 14.8 Å². The summed E-state index contributed by atoms with van der Waals surface area (Å²) in [4.78, 5) is 0. The van der Waals surface area contributed by atoms with E-state index in [0.717, 1.165) is 28.0 Å². The smallest absolute Gasteiger partial charge is 0.196 e. The number of aryl methyl sites for hydroxylation is 1. The predicted molar refractivity (Wildman–Crippen MR) is 111 cm³/mol. The van der Waals surface area contributed by atoms with E-state index in [1.54, 1.807) is 23.9 Å². The molecule has 0 saturated carbocycles. The summed E-state index contributed by atoms with van der Waals surface area (Å²) >= 11 is 1.63. The van der Waals surface area contributed by atoms with Gasteiger partial charge in [-0.15, -0.1) is 10.2 Å². The highest BCUT2D eigenvalue weighted by Crippen LogP contribution is 2.26. The molecule has 0 amide bonds. The highest BCUT2D eigenvalue weighted by atomic mass is 32.2. The van der Waals surface area contributed by atoms with E-state index in [4.69, 9.17) is 0 Å². The molecule has 0 radical (unpaired) electrons. The number of halogens is 1. The topological polar surface area (TPSA) is 30.7 Å². The lowest BCUT2D eigenvalue weighted by molar-refractivity contribution is 0.627. The summed E-state index contributed by atoms with van der Waals surface area (Å²) in [5.74, 6) is 1.38. The second-order valence-electron chi connectivity index (χ2n) is 6.65. The first-order valence-electron chi connectivity index (χ1n) is 9.11. The zero-order valence-corrected chi connectivity index (χ0v) is 16.4. The fourth-order valence-electron chi connectivity index (χ4n) is 2.97. The average molecular weight is 389 g/mol. The van der Waals surface area contributed by atoms with Crippen LogP contribution in [0.3, 0.4) is 0 Å². The Bertz CT molecular complexity index is 1040. The van der Waals surface area contributed by atoms with Crippen LogP contribution in [0, 0.1) is 12.7 Å². The first kappa shape index (κ1) is 18.4. The van der Waals surface area contributed by atoms with Gasteiger partial charge in [0.25, 0.3) is 0 Å². The standard InChI is InChI=1S/C23H20FN3S/c1-17-7-9-19(10-8-17)16-28-23-26-25-22(15-18-5-3-2-4-6-18)27(23)21-13-11-20(24)12-14-21/h2-14H,15-16H2,1H3. The molecule has 0 N–H and O–H groups in total. The maximum Gasteiger partial charge on any atom is 0.196 e. The van der Waals surface area contributed by atoms with Crippen LogP contribution in [0.5, 0.6) is 0 Å². The largest absolute Gasteiger partial charge is 0.274 e. The van der Waals surface area contributed by atoms with Crippen LogP contribution >= 0.6 is 11.8 Å². The fraction of sp³-hybridized carbons (Fsp3) is 0.130. The minimum atomic E-state index is -0.254. The van der Waals surface area contributed by atoms with Gasteiger partial charge in [-0.3, -0.25) is 4.57 Å². The van der Waals surface area contributed by atoms with Crippen LogP contribution < -0.4 is 0 Å². The van der Waals surface area contributed by atoms with Crippen molar-refractivity contribution in [3.8, 4) is 5.69 Å². The molecule has 140 valence electrons. The number of rotatable bonds is 6. The molecule has 0 aliphatic carbocycles. The Morgan fingerprint density at radius 3 is 2.25 bits per heavy atom. The second-order valence-corrected chi connectivity index (χ2v) is 7.59. The van der Waals surface area contributed by atoms with E-state index in [-0.39, 0.29) is 5.82 Å². The molecule has 0 aliphatic heterocycles. The van der Waals surface area contributed by atoms with Crippen LogP contribution in [0.4, 0.5) is 4.39 Å². The SMILES string of the molecule is Cc1ccc(CSc2nnc(Cc3ccccc3)n2-c2ccc(F)cc2)cc1. The second kappa shape index (κ2) is 8.40. The number of aromatic nitrogens is 3. The van der Waals surface area contributed by atoms with Crippen LogP contribution in [-0.4, -0.2) is 14.8 Å². The van der Waals surface area contributed by atoms with Gasteiger partial charge < -0.3 is 0 Å². The van der Waals surface area contributed by atoms with E-state index in [1.165, 1.54) is 23.3 Å². The van der Waals surface area contributed by atoms with Gasteiger partial charge in [-0.25, -0.2) is 4.39 Å². The van der Waals surface area contributed by atoms with Crippen molar-refractivity contribution < 1.29 is 4.39 Å². The normalized spacial score (nSPS) is 10.9. The average Bonchev–Trinajstić information content (AvgIpc) is 3.11. The summed E-state index contributed by atoms with van der Waals surface area (Å²) in [6.45, 7) is 2.08. The van der Waals surface area contributed by atoms with Crippen molar-refractivity contribution in [2.24, 2.45) is 0 Å². The molecule has 1 heterocycles. The Morgan fingerprint density at radius 1 is 0.821 bits per heavy atom. The third-order valence-corrected chi connectivity index (χ3v) is 5.48. The van der Waals surface area contributed by atoms with E-state index in [9.17, 15) is 4.39 Å². The molecule has 4 aromatic rings. The molecular weight excluding hydrogens is 369 g/mol. The van der Waals surface area contributed by atoms with Gasteiger partial charge >= 0.3 is 0 Å². The maximum absolute atomic E-state index is 13.4. The van der Waals surface area contributed by atoms with Crippen molar-refractivity contribution in [3.63, 3.8) is 0 Å². The van der Waals surface area contributed by atoms with Crippen LogP contribution in [0.1, 0.15) is 22.5 Å². The van der Waals surface area contributed by atoms with Gasteiger partial charge in [0.15, 0.2) is 5.16 Å². The molecule has 0 bridgehead atoms. The summed E-state index contributed by atoms with van der Waals surface area (Å²) in [6.07, 6.45) is 0.663. The lowest BCUT2D eigenvalue weighted by Gasteiger charge is -2.10. The maximum atomic E-state index is 13.4. The summed E-state index contributed by atoms with van der Waals surface area (Å²) in [7, 11) is 0. The molecule has 3 aromatic carbocycles. The van der Waals surface area contributed by atoms with Gasteiger partial charge in [-0.05, 0) is 42.3 Å². The first-order chi connectivity index (χ1) is 13.7. The number of hydrogen-bond acceptors (Lipinski definition) is 3. The monoisotopic (exact) mass is 389 g/mol. The van der Waals surface area contributed by atoms with E-state index in [0.29, 0.717) is 6.42 Å². The minimum absolute atomic E-state index is 0.254. The minimum Gasteiger partial charge on any atom is -0.274 e. The van der Waals surface area contributed by atoms with Crippen LogP contribution in [0.2, 0.25) is 0 Å². The molecular formula is C23H20FN3S.